The Morgan fingerprint density at radius 2 is 2.00 bits per heavy atom. The second-order valence-electron chi connectivity index (χ2n) is 4.62. The quantitative estimate of drug-likeness (QED) is 0.388. The van der Waals surface area contributed by atoms with Crippen molar-refractivity contribution in [2.45, 2.75) is 31.0 Å². The van der Waals surface area contributed by atoms with Gasteiger partial charge in [-0.05, 0) is 0 Å². The number of hydrogen-bond acceptors (Lipinski definition) is 7. The summed E-state index contributed by atoms with van der Waals surface area (Å²) < 4.78 is 5.90. The molecule has 5 N–H and O–H groups in total. The highest BCUT2D eigenvalue weighted by atomic mass is 16.6. The number of rotatable bonds is 4. The van der Waals surface area contributed by atoms with Gasteiger partial charge >= 0.3 is 11.7 Å². The molecular weight excluding hydrogens is 288 g/mol. The Labute approximate surface area is 116 Å². The number of aromatic nitrogens is 2. The Morgan fingerprint density at radius 1 is 1.33 bits per heavy atom. The molecule has 116 valence electrons. The minimum absolute atomic E-state index is 0.210. The number of hydrogen-bond donors (Lipinski definition) is 5. The van der Waals surface area contributed by atoms with Crippen molar-refractivity contribution in [3.05, 3.63) is 32.6 Å². The van der Waals surface area contributed by atoms with Crippen LogP contribution in [0.25, 0.3) is 0 Å². The zero-order valence-corrected chi connectivity index (χ0v) is 10.7. The van der Waals surface area contributed by atoms with E-state index >= 15 is 0 Å². The summed E-state index contributed by atoms with van der Waals surface area (Å²) in [6, 6.07) is 0. The number of ether oxygens (including phenoxy) is 1. The highest BCUT2D eigenvalue weighted by molar-refractivity contribution is 5.66. The van der Waals surface area contributed by atoms with Crippen molar-refractivity contribution in [1.82, 2.24) is 9.55 Å². The zero-order valence-electron chi connectivity index (χ0n) is 10.7. The van der Waals surface area contributed by atoms with Gasteiger partial charge in [0.1, 0.15) is 31.0 Å². The van der Waals surface area contributed by atoms with Gasteiger partial charge in [0.05, 0.1) is 12.2 Å². The van der Waals surface area contributed by atoms with E-state index in [1.54, 1.807) is 0 Å². The van der Waals surface area contributed by atoms with Crippen LogP contribution in [0.3, 0.4) is 0 Å². The number of carboxylic acids is 1. The molecule has 0 saturated carbocycles. The number of aromatic amines is 1. The lowest BCUT2D eigenvalue weighted by atomic mass is 10.0. The smallest absolute Gasteiger partial charge is 0.328 e. The first-order chi connectivity index (χ1) is 9.85. The molecule has 0 aliphatic carbocycles. The van der Waals surface area contributed by atoms with Gasteiger partial charge < -0.3 is 25.2 Å². The van der Waals surface area contributed by atoms with Crippen LogP contribution in [0.1, 0.15) is 11.7 Å². The topological polar surface area (TPSA) is 162 Å². The van der Waals surface area contributed by atoms with Gasteiger partial charge in [0.15, 0.2) is 0 Å². The largest absolute Gasteiger partial charge is 0.480 e. The van der Waals surface area contributed by atoms with Crippen molar-refractivity contribution in [3.8, 4) is 0 Å². The van der Waals surface area contributed by atoms with Crippen LogP contribution in [0.5, 0.6) is 0 Å². The number of nitrogens with zero attached hydrogens (tertiary/aromatic N) is 1. The predicted molar refractivity (Wildman–Crippen MR) is 65.7 cm³/mol. The van der Waals surface area contributed by atoms with E-state index in [4.69, 9.17) is 14.9 Å². The summed E-state index contributed by atoms with van der Waals surface area (Å²) in [7, 11) is 0. The number of aliphatic hydroxyl groups excluding tert-OH is 3. The number of carboxylic acid groups (broad SMARTS) is 1. The Hall–Kier alpha value is -2.01. The lowest BCUT2D eigenvalue weighted by Crippen LogP contribution is -2.36. The Kier molecular flexibility index (Phi) is 4.23. The van der Waals surface area contributed by atoms with Crippen molar-refractivity contribution in [2.75, 3.05) is 6.61 Å². The zero-order chi connectivity index (χ0) is 15.7. The van der Waals surface area contributed by atoms with Crippen LogP contribution < -0.4 is 11.2 Å². The van der Waals surface area contributed by atoms with Crippen LogP contribution in [0.4, 0.5) is 0 Å². The van der Waals surface area contributed by atoms with E-state index in [1.165, 1.54) is 0 Å². The van der Waals surface area contributed by atoms with Gasteiger partial charge in [0, 0.05) is 6.20 Å². The van der Waals surface area contributed by atoms with Gasteiger partial charge in [-0.25, -0.2) is 4.79 Å². The first kappa shape index (κ1) is 15.4. The van der Waals surface area contributed by atoms with Crippen molar-refractivity contribution < 1.29 is 30.0 Å². The number of nitrogens with one attached hydrogen (secondary N) is 1. The van der Waals surface area contributed by atoms with Crippen molar-refractivity contribution >= 4 is 5.97 Å². The van der Waals surface area contributed by atoms with Crippen molar-refractivity contribution in [3.63, 3.8) is 0 Å². The number of H-pyrrole nitrogens is 1. The Morgan fingerprint density at radius 3 is 2.52 bits per heavy atom. The summed E-state index contributed by atoms with van der Waals surface area (Å²) in [6.45, 7) is -1.25. The van der Waals surface area contributed by atoms with Gasteiger partial charge in [-0.1, -0.05) is 0 Å². The molecule has 0 spiro atoms. The monoisotopic (exact) mass is 302 g/mol. The molecule has 1 saturated heterocycles. The normalized spacial score (nSPS) is 28.7. The van der Waals surface area contributed by atoms with Crippen molar-refractivity contribution in [2.24, 2.45) is 0 Å². The average Bonchev–Trinajstić information content (AvgIpc) is 2.69. The summed E-state index contributed by atoms with van der Waals surface area (Å²) in [6.07, 6.45) is -4.29. The van der Waals surface area contributed by atoms with E-state index in [-0.39, 0.29) is 5.56 Å². The summed E-state index contributed by atoms with van der Waals surface area (Å²) in [4.78, 5) is 35.8. The summed E-state index contributed by atoms with van der Waals surface area (Å²) in [5.74, 6) is -1.30. The molecular formula is C11H14N2O8. The van der Waals surface area contributed by atoms with E-state index in [2.05, 4.69) is 0 Å². The van der Waals surface area contributed by atoms with Gasteiger partial charge in [0.2, 0.25) is 0 Å². The molecule has 0 amide bonds. The molecule has 1 aromatic rings. The average molecular weight is 302 g/mol. The molecule has 1 aromatic heterocycles. The second kappa shape index (κ2) is 5.77. The minimum Gasteiger partial charge on any atom is -0.480 e. The third-order valence-corrected chi connectivity index (χ3v) is 3.19. The number of carbonyl (C=O) groups is 1. The highest BCUT2D eigenvalue weighted by Crippen LogP contribution is 2.31. The SMILES string of the molecule is O=C(O)Cn1cc([C@@H]2O[C@H](CO)C(O)C2O)c(=O)[nH]c1=O. The molecule has 10 nitrogen and oxygen atoms in total. The van der Waals surface area contributed by atoms with Gasteiger partial charge in [-0.15, -0.1) is 0 Å². The molecule has 1 aliphatic heterocycles. The molecule has 0 aromatic carbocycles. The maximum atomic E-state index is 11.8. The third kappa shape index (κ3) is 2.88. The third-order valence-electron chi connectivity index (χ3n) is 3.19. The Bertz CT molecular complexity index is 650. The van der Waals surface area contributed by atoms with E-state index in [1.807, 2.05) is 4.98 Å². The number of aliphatic carboxylic acids is 1. The molecule has 10 heteroatoms. The molecule has 2 unspecified atom stereocenters. The van der Waals surface area contributed by atoms with E-state index < -0.39 is 54.8 Å². The van der Waals surface area contributed by atoms with E-state index in [0.717, 1.165) is 10.8 Å². The second-order valence-corrected chi connectivity index (χ2v) is 4.62. The maximum absolute atomic E-state index is 11.8. The number of aliphatic hydroxyl groups is 3. The minimum atomic E-state index is -1.49. The van der Waals surface area contributed by atoms with Crippen LogP contribution >= 0.6 is 0 Å². The van der Waals surface area contributed by atoms with Gasteiger partial charge in [0.25, 0.3) is 5.56 Å². The molecule has 2 rings (SSSR count). The van der Waals surface area contributed by atoms with Gasteiger partial charge in [-0.2, -0.15) is 0 Å². The first-order valence-electron chi connectivity index (χ1n) is 6.03. The Balaban J connectivity index is 2.42. The fourth-order valence-corrected chi connectivity index (χ4v) is 2.15. The summed E-state index contributed by atoms with van der Waals surface area (Å²) >= 11 is 0. The van der Waals surface area contributed by atoms with Crippen LogP contribution in [0, 0.1) is 0 Å². The molecule has 1 aliphatic rings. The maximum Gasteiger partial charge on any atom is 0.328 e. The van der Waals surface area contributed by atoms with Crippen LogP contribution in [-0.2, 0) is 16.1 Å². The molecule has 2 heterocycles. The lowest BCUT2D eigenvalue weighted by molar-refractivity contribution is -0.137. The fraction of sp³-hybridized carbons (Fsp3) is 0.545. The predicted octanol–water partition coefficient (Wildman–Crippen LogP) is -3.22. The first-order valence-corrected chi connectivity index (χ1v) is 6.03. The molecule has 21 heavy (non-hydrogen) atoms. The van der Waals surface area contributed by atoms with Crippen LogP contribution in [0.15, 0.2) is 15.8 Å². The van der Waals surface area contributed by atoms with E-state index in [9.17, 15) is 24.6 Å². The van der Waals surface area contributed by atoms with Crippen molar-refractivity contribution in [1.29, 1.82) is 0 Å². The molecule has 4 atom stereocenters. The summed E-state index contributed by atoms with van der Waals surface area (Å²) in [5.41, 5.74) is -1.99. The lowest BCUT2D eigenvalue weighted by Gasteiger charge is -2.15. The fourth-order valence-electron chi connectivity index (χ4n) is 2.15. The molecule has 1 fully saturated rings. The summed E-state index contributed by atoms with van der Waals surface area (Å²) in [5, 5.41) is 37.2. The molecule has 0 radical (unpaired) electrons. The van der Waals surface area contributed by atoms with E-state index in [0.29, 0.717) is 0 Å². The van der Waals surface area contributed by atoms with Crippen LogP contribution in [0.2, 0.25) is 0 Å². The standard InChI is InChI=1S/C11H14N2O8/c14-3-5-7(17)8(18)9(21-5)4-1-13(2-6(15)16)11(20)12-10(4)19/h1,5,7-9,14,17-18H,2-3H2,(H,15,16)(H,12,19,20)/t5-,7?,8?,9+/m1/s1. The molecule has 0 bridgehead atoms. The highest BCUT2D eigenvalue weighted by Gasteiger charge is 2.44. The van der Waals surface area contributed by atoms with Crippen LogP contribution in [-0.4, -0.2) is 60.9 Å². The van der Waals surface area contributed by atoms with Gasteiger partial charge in [-0.3, -0.25) is 19.1 Å².